The summed E-state index contributed by atoms with van der Waals surface area (Å²) in [6.45, 7) is 2.62. The van der Waals surface area contributed by atoms with Gasteiger partial charge in [0, 0.05) is 19.0 Å². The van der Waals surface area contributed by atoms with Crippen LogP contribution in [0.4, 0.5) is 0 Å². The van der Waals surface area contributed by atoms with Crippen molar-refractivity contribution in [2.45, 2.75) is 44.7 Å². The van der Waals surface area contributed by atoms with Crippen molar-refractivity contribution in [3.05, 3.63) is 22.4 Å². The predicted molar refractivity (Wildman–Crippen MR) is 78.5 cm³/mol. The van der Waals surface area contributed by atoms with Crippen LogP contribution in [0.2, 0.25) is 0 Å². The molecule has 2 fully saturated rings. The molecule has 1 saturated heterocycles. The highest BCUT2D eigenvalue weighted by Gasteiger charge is 2.41. The zero-order chi connectivity index (χ0) is 14.1. The summed E-state index contributed by atoms with van der Waals surface area (Å²) in [5.41, 5.74) is 1.27. The summed E-state index contributed by atoms with van der Waals surface area (Å²) in [5, 5.41) is 7.09. The van der Waals surface area contributed by atoms with Crippen molar-refractivity contribution in [2.24, 2.45) is 5.92 Å². The van der Waals surface area contributed by atoms with Crippen LogP contribution in [0.5, 0.6) is 0 Å². The van der Waals surface area contributed by atoms with E-state index in [0.29, 0.717) is 18.9 Å². The molecular weight excluding hydrogens is 272 g/mol. The maximum Gasteiger partial charge on any atom is 0.245 e. The predicted octanol–water partition coefficient (Wildman–Crippen LogP) is 1.81. The molecule has 2 atom stereocenters. The van der Waals surface area contributed by atoms with E-state index in [4.69, 9.17) is 0 Å². The van der Waals surface area contributed by atoms with Crippen molar-refractivity contribution in [1.29, 1.82) is 0 Å². The SMILES string of the molecule is CC(Cc1ccsc1)N1CCC(=O)NC(C2CC2)C1=O. The second kappa shape index (κ2) is 5.56. The van der Waals surface area contributed by atoms with Crippen molar-refractivity contribution in [2.75, 3.05) is 6.54 Å². The summed E-state index contributed by atoms with van der Waals surface area (Å²) in [6.07, 6.45) is 3.40. The van der Waals surface area contributed by atoms with Gasteiger partial charge < -0.3 is 10.2 Å². The van der Waals surface area contributed by atoms with Crippen LogP contribution >= 0.6 is 11.3 Å². The third kappa shape index (κ3) is 2.87. The smallest absolute Gasteiger partial charge is 0.245 e. The van der Waals surface area contributed by atoms with Gasteiger partial charge in [-0.05, 0) is 54.5 Å². The minimum absolute atomic E-state index is 0.0143. The number of amides is 2. The lowest BCUT2D eigenvalue weighted by molar-refractivity contribution is -0.135. The van der Waals surface area contributed by atoms with E-state index in [1.165, 1.54) is 5.56 Å². The van der Waals surface area contributed by atoms with Gasteiger partial charge in [-0.1, -0.05) is 0 Å². The van der Waals surface area contributed by atoms with Crippen molar-refractivity contribution in [3.63, 3.8) is 0 Å². The second-order valence-electron chi connectivity index (χ2n) is 5.85. The lowest BCUT2D eigenvalue weighted by Gasteiger charge is -2.30. The molecule has 3 rings (SSSR count). The van der Waals surface area contributed by atoms with Gasteiger partial charge in [-0.15, -0.1) is 0 Å². The Balaban J connectivity index is 1.72. The first-order chi connectivity index (χ1) is 9.65. The maximum absolute atomic E-state index is 12.7. The fourth-order valence-corrected chi connectivity index (χ4v) is 3.55. The van der Waals surface area contributed by atoms with Gasteiger partial charge in [0.25, 0.3) is 0 Å². The summed E-state index contributed by atoms with van der Waals surface area (Å²) < 4.78 is 0. The number of carbonyl (C=O) groups is 2. The van der Waals surface area contributed by atoms with Crippen molar-refractivity contribution >= 4 is 23.2 Å². The summed E-state index contributed by atoms with van der Waals surface area (Å²) >= 11 is 1.68. The Kier molecular flexibility index (Phi) is 3.78. The lowest BCUT2D eigenvalue weighted by Crippen LogP contribution is -2.49. The van der Waals surface area contributed by atoms with Crippen LogP contribution in [0.25, 0.3) is 0 Å². The molecular formula is C15H20N2O2S. The molecule has 0 spiro atoms. The van der Waals surface area contributed by atoms with E-state index >= 15 is 0 Å². The molecule has 5 heteroatoms. The molecule has 0 bridgehead atoms. The molecule has 2 aliphatic rings. The summed E-state index contributed by atoms with van der Waals surface area (Å²) in [6, 6.07) is 1.96. The molecule has 1 saturated carbocycles. The fourth-order valence-electron chi connectivity index (χ4n) is 2.86. The normalized spacial score (nSPS) is 25.2. The first-order valence-electron chi connectivity index (χ1n) is 7.26. The highest BCUT2D eigenvalue weighted by atomic mass is 32.1. The summed E-state index contributed by atoms with van der Waals surface area (Å²) in [7, 11) is 0. The summed E-state index contributed by atoms with van der Waals surface area (Å²) in [5.74, 6) is 0.488. The second-order valence-corrected chi connectivity index (χ2v) is 6.63. The van der Waals surface area contributed by atoms with Gasteiger partial charge >= 0.3 is 0 Å². The molecule has 1 aliphatic heterocycles. The van der Waals surface area contributed by atoms with E-state index < -0.39 is 0 Å². The van der Waals surface area contributed by atoms with Gasteiger partial charge in [0.1, 0.15) is 6.04 Å². The quantitative estimate of drug-likeness (QED) is 0.920. The molecule has 2 amide bonds. The Hall–Kier alpha value is -1.36. The number of thiophene rings is 1. The zero-order valence-corrected chi connectivity index (χ0v) is 12.5. The van der Waals surface area contributed by atoms with Gasteiger partial charge in [-0.25, -0.2) is 0 Å². The number of hydrogen-bond acceptors (Lipinski definition) is 3. The van der Waals surface area contributed by atoms with Gasteiger partial charge in [-0.2, -0.15) is 11.3 Å². The van der Waals surface area contributed by atoms with E-state index in [-0.39, 0.29) is 23.9 Å². The zero-order valence-electron chi connectivity index (χ0n) is 11.7. The number of rotatable bonds is 4. The standard InChI is InChI=1S/C15H20N2O2S/c1-10(8-11-5-7-20-9-11)17-6-4-13(18)16-14(15(17)19)12-2-3-12/h5,7,9-10,12,14H,2-4,6,8H2,1H3,(H,16,18). The Morgan fingerprint density at radius 1 is 1.45 bits per heavy atom. The van der Waals surface area contributed by atoms with Crippen molar-refractivity contribution in [3.8, 4) is 0 Å². The first kappa shape index (κ1) is 13.6. The molecule has 4 nitrogen and oxygen atoms in total. The Morgan fingerprint density at radius 3 is 2.90 bits per heavy atom. The Bertz CT molecular complexity index is 496. The number of carbonyl (C=O) groups excluding carboxylic acids is 2. The molecule has 1 aliphatic carbocycles. The van der Waals surface area contributed by atoms with E-state index in [2.05, 4.69) is 29.1 Å². The Morgan fingerprint density at radius 2 is 2.25 bits per heavy atom. The maximum atomic E-state index is 12.7. The number of nitrogens with zero attached hydrogens (tertiary/aromatic N) is 1. The van der Waals surface area contributed by atoms with Gasteiger partial charge in [0.2, 0.25) is 11.8 Å². The van der Waals surface area contributed by atoms with Gasteiger partial charge in [-0.3, -0.25) is 9.59 Å². The number of nitrogens with one attached hydrogen (secondary N) is 1. The van der Waals surface area contributed by atoms with Gasteiger partial charge in [0.05, 0.1) is 0 Å². The largest absolute Gasteiger partial charge is 0.344 e. The minimum atomic E-state index is -0.282. The highest BCUT2D eigenvalue weighted by molar-refractivity contribution is 7.07. The van der Waals surface area contributed by atoms with E-state index in [9.17, 15) is 9.59 Å². The Labute approximate surface area is 123 Å². The van der Waals surface area contributed by atoms with E-state index in [1.54, 1.807) is 11.3 Å². The third-order valence-electron chi connectivity index (χ3n) is 4.18. The molecule has 2 heterocycles. The van der Waals surface area contributed by atoms with Crippen molar-refractivity contribution < 1.29 is 9.59 Å². The van der Waals surface area contributed by atoms with Crippen LogP contribution < -0.4 is 5.32 Å². The van der Waals surface area contributed by atoms with Crippen LogP contribution in [0.15, 0.2) is 16.8 Å². The first-order valence-corrected chi connectivity index (χ1v) is 8.20. The molecule has 2 unspecified atom stereocenters. The van der Waals surface area contributed by atoms with E-state index in [0.717, 1.165) is 19.3 Å². The molecule has 0 aromatic carbocycles. The minimum Gasteiger partial charge on any atom is -0.344 e. The highest BCUT2D eigenvalue weighted by Crippen LogP contribution is 2.34. The molecule has 108 valence electrons. The lowest BCUT2D eigenvalue weighted by atomic mass is 10.1. The number of hydrogen-bond donors (Lipinski definition) is 1. The van der Waals surface area contributed by atoms with Crippen LogP contribution in [0, 0.1) is 5.92 Å². The average molecular weight is 292 g/mol. The monoisotopic (exact) mass is 292 g/mol. The van der Waals surface area contributed by atoms with Crippen LogP contribution in [-0.4, -0.2) is 35.3 Å². The molecule has 1 N–H and O–H groups in total. The topological polar surface area (TPSA) is 49.4 Å². The molecule has 0 radical (unpaired) electrons. The van der Waals surface area contributed by atoms with E-state index in [1.807, 2.05) is 4.90 Å². The van der Waals surface area contributed by atoms with Crippen molar-refractivity contribution in [1.82, 2.24) is 10.2 Å². The molecule has 1 aromatic heterocycles. The molecule has 20 heavy (non-hydrogen) atoms. The van der Waals surface area contributed by atoms with Crippen LogP contribution in [0.1, 0.15) is 31.7 Å². The van der Waals surface area contributed by atoms with Crippen LogP contribution in [0.3, 0.4) is 0 Å². The average Bonchev–Trinajstić information content (AvgIpc) is 3.15. The molecule has 1 aromatic rings. The third-order valence-corrected chi connectivity index (χ3v) is 4.91. The van der Waals surface area contributed by atoms with Crippen LogP contribution in [-0.2, 0) is 16.0 Å². The summed E-state index contributed by atoms with van der Waals surface area (Å²) in [4.78, 5) is 26.3. The van der Waals surface area contributed by atoms with Gasteiger partial charge in [0.15, 0.2) is 0 Å². The fraction of sp³-hybridized carbons (Fsp3) is 0.600.